The van der Waals surface area contributed by atoms with E-state index < -0.39 is 0 Å². The highest BCUT2D eigenvalue weighted by atomic mass is 16.2. The van der Waals surface area contributed by atoms with E-state index in [1.165, 1.54) is 6.42 Å². The van der Waals surface area contributed by atoms with Crippen LogP contribution in [0.2, 0.25) is 0 Å². The Morgan fingerprint density at radius 1 is 1.15 bits per heavy atom. The lowest BCUT2D eigenvalue weighted by atomic mass is 10.1. The summed E-state index contributed by atoms with van der Waals surface area (Å²) in [6, 6.07) is 3.97. The van der Waals surface area contributed by atoms with Crippen LogP contribution in [0.1, 0.15) is 53.8 Å². The van der Waals surface area contributed by atoms with Crippen LogP contribution in [0.4, 0.5) is 0 Å². The second-order valence-corrected chi connectivity index (χ2v) is 5.60. The minimum absolute atomic E-state index is 0.0726. The molecule has 1 saturated heterocycles. The molecule has 3 heterocycles. The molecular formula is C15H20N4O. The molecule has 1 N–H and O–H groups in total. The van der Waals surface area contributed by atoms with Gasteiger partial charge in [0.05, 0.1) is 5.56 Å². The maximum atomic E-state index is 12.4. The number of fused-ring (bicyclic) bond motifs is 1. The van der Waals surface area contributed by atoms with Gasteiger partial charge in [0.1, 0.15) is 11.8 Å². The van der Waals surface area contributed by atoms with E-state index in [0.717, 1.165) is 57.4 Å². The smallest absolute Gasteiger partial charge is 0.282 e. The van der Waals surface area contributed by atoms with Gasteiger partial charge in [0.15, 0.2) is 0 Å². The zero-order chi connectivity index (χ0) is 13.9. The van der Waals surface area contributed by atoms with Crippen LogP contribution in [-0.2, 0) is 13.0 Å². The van der Waals surface area contributed by atoms with E-state index in [1.54, 1.807) is 6.07 Å². The molecule has 20 heavy (non-hydrogen) atoms. The molecule has 1 fully saturated rings. The highest BCUT2D eigenvalue weighted by Gasteiger charge is 2.23. The summed E-state index contributed by atoms with van der Waals surface area (Å²) in [6.07, 6.45) is 6.60. The van der Waals surface area contributed by atoms with E-state index >= 15 is 0 Å². The Morgan fingerprint density at radius 2 is 1.90 bits per heavy atom. The molecule has 5 nitrogen and oxygen atoms in total. The van der Waals surface area contributed by atoms with Crippen molar-refractivity contribution in [1.29, 1.82) is 5.26 Å². The molecule has 1 aromatic rings. The summed E-state index contributed by atoms with van der Waals surface area (Å²) < 4.78 is 2.03. The van der Waals surface area contributed by atoms with E-state index in [4.69, 9.17) is 0 Å². The molecule has 106 valence electrons. The van der Waals surface area contributed by atoms with Crippen molar-refractivity contribution in [1.82, 2.24) is 15.0 Å². The monoisotopic (exact) mass is 272 g/mol. The molecular weight excluding hydrogens is 252 g/mol. The molecule has 5 heteroatoms. The lowest BCUT2D eigenvalue weighted by Crippen LogP contribution is -2.45. The van der Waals surface area contributed by atoms with Gasteiger partial charge >= 0.3 is 0 Å². The molecule has 0 saturated carbocycles. The Hall–Kier alpha value is -1.80. The first-order valence-electron chi connectivity index (χ1n) is 7.48. The number of hydrogen-bond acceptors (Lipinski definition) is 3. The van der Waals surface area contributed by atoms with Crippen molar-refractivity contribution < 1.29 is 4.79 Å². The maximum absolute atomic E-state index is 12.4. The van der Waals surface area contributed by atoms with Crippen LogP contribution in [0.15, 0.2) is 6.07 Å². The lowest BCUT2D eigenvalue weighted by Gasteiger charge is -2.27. The van der Waals surface area contributed by atoms with Crippen LogP contribution >= 0.6 is 0 Å². The third kappa shape index (κ3) is 2.44. The molecule has 0 unspecified atom stereocenters. The third-order valence-corrected chi connectivity index (χ3v) is 4.22. The SMILES string of the molecule is N#Cc1cc(C(=O)NN2CCCCC2)n2c1CCCC2. The van der Waals surface area contributed by atoms with E-state index in [2.05, 4.69) is 11.5 Å². The van der Waals surface area contributed by atoms with Crippen molar-refractivity contribution in [2.45, 2.75) is 45.1 Å². The highest BCUT2D eigenvalue weighted by molar-refractivity contribution is 5.93. The minimum Gasteiger partial charge on any atom is -0.339 e. The van der Waals surface area contributed by atoms with Crippen LogP contribution in [0, 0.1) is 11.3 Å². The van der Waals surface area contributed by atoms with Crippen molar-refractivity contribution in [2.75, 3.05) is 13.1 Å². The second kappa shape index (κ2) is 5.68. The van der Waals surface area contributed by atoms with Crippen molar-refractivity contribution in [3.8, 4) is 6.07 Å². The molecule has 2 aliphatic rings. The van der Waals surface area contributed by atoms with Crippen molar-refractivity contribution in [2.24, 2.45) is 0 Å². The number of carbonyl (C=O) groups excluding carboxylic acids is 1. The fourth-order valence-electron chi connectivity index (χ4n) is 3.17. The number of nitriles is 1. The zero-order valence-electron chi connectivity index (χ0n) is 11.7. The summed E-state index contributed by atoms with van der Waals surface area (Å²) in [5.41, 5.74) is 5.32. The van der Waals surface area contributed by atoms with Crippen LogP contribution in [0.25, 0.3) is 0 Å². The number of rotatable bonds is 2. The fourth-order valence-corrected chi connectivity index (χ4v) is 3.17. The van der Waals surface area contributed by atoms with Crippen molar-refractivity contribution >= 4 is 5.91 Å². The summed E-state index contributed by atoms with van der Waals surface area (Å²) in [5, 5.41) is 11.2. The predicted molar refractivity (Wildman–Crippen MR) is 75.0 cm³/mol. The van der Waals surface area contributed by atoms with E-state index in [9.17, 15) is 10.1 Å². The van der Waals surface area contributed by atoms with Gasteiger partial charge in [0, 0.05) is 25.3 Å². The Bertz CT molecular complexity index is 549. The van der Waals surface area contributed by atoms with Gasteiger partial charge in [0.25, 0.3) is 5.91 Å². The van der Waals surface area contributed by atoms with Gasteiger partial charge in [-0.05, 0) is 38.2 Å². The zero-order valence-corrected chi connectivity index (χ0v) is 11.7. The van der Waals surface area contributed by atoms with Gasteiger partial charge in [-0.15, -0.1) is 0 Å². The molecule has 0 bridgehead atoms. The van der Waals surface area contributed by atoms with E-state index in [-0.39, 0.29) is 5.91 Å². The molecule has 0 aliphatic carbocycles. The summed E-state index contributed by atoms with van der Waals surface area (Å²) in [7, 11) is 0. The van der Waals surface area contributed by atoms with Crippen molar-refractivity contribution in [3.63, 3.8) is 0 Å². The number of carbonyl (C=O) groups is 1. The average molecular weight is 272 g/mol. The molecule has 0 atom stereocenters. The fraction of sp³-hybridized carbons (Fsp3) is 0.600. The summed E-state index contributed by atoms with van der Waals surface area (Å²) in [6.45, 7) is 2.69. The van der Waals surface area contributed by atoms with E-state index in [0.29, 0.717) is 11.3 Å². The summed E-state index contributed by atoms with van der Waals surface area (Å²) in [5.74, 6) is -0.0726. The molecule has 2 aliphatic heterocycles. The number of nitrogens with one attached hydrogen (secondary N) is 1. The number of hydrogen-bond donors (Lipinski definition) is 1. The van der Waals surface area contributed by atoms with Crippen LogP contribution in [0.5, 0.6) is 0 Å². The Labute approximate surface area is 119 Å². The molecule has 1 amide bonds. The predicted octanol–water partition coefficient (Wildman–Crippen LogP) is 1.83. The highest BCUT2D eigenvalue weighted by Crippen LogP contribution is 2.23. The Morgan fingerprint density at radius 3 is 2.65 bits per heavy atom. The first-order valence-corrected chi connectivity index (χ1v) is 7.48. The Balaban J connectivity index is 1.80. The summed E-state index contributed by atoms with van der Waals surface area (Å²) in [4.78, 5) is 12.4. The topological polar surface area (TPSA) is 61.1 Å². The largest absolute Gasteiger partial charge is 0.339 e. The average Bonchev–Trinajstić information content (AvgIpc) is 2.87. The van der Waals surface area contributed by atoms with Gasteiger partial charge in [-0.2, -0.15) is 5.26 Å². The number of piperidine rings is 1. The minimum atomic E-state index is -0.0726. The van der Waals surface area contributed by atoms with Crippen LogP contribution in [-0.4, -0.2) is 28.6 Å². The van der Waals surface area contributed by atoms with Gasteiger partial charge in [-0.3, -0.25) is 10.2 Å². The standard InChI is InChI=1S/C15H20N4O/c16-11-12-10-14(19-9-5-2-6-13(12)19)15(20)17-18-7-3-1-4-8-18/h10H,1-9H2,(H,17,20). The second-order valence-electron chi connectivity index (χ2n) is 5.60. The normalized spacial score (nSPS) is 19.1. The number of hydrazine groups is 1. The first kappa shape index (κ1) is 13.2. The molecule has 0 aromatic carbocycles. The Kier molecular flexibility index (Phi) is 3.75. The van der Waals surface area contributed by atoms with Gasteiger partial charge < -0.3 is 4.57 Å². The maximum Gasteiger partial charge on any atom is 0.282 e. The third-order valence-electron chi connectivity index (χ3n) is 4.22. The van der Waals surface area contributed by atoms with Gasteiger partial charge in [-0.1, -0.05) is 6.42 Å². The molecule has 0 radical (unpaired) electrons. The van der Waals surface area contributed by atoms with Gasteiger partial charge in [0.2, 0.25) is 0 Å². The molecule has 3 rings (SSSR count). The van der Waals surface area contributed by atoms with E-state index in [1.807, 2.05) is 9.58 Å². The van der Waals surface area contributed by atoms with Crippen LogP contribution in [0.3, 0.4) is 0 Å². The lowest BCUT2D eigenvalue weighted by molar-refractivity contribution is 0.0739. The first-order chi connectivity index (χ1) is 9.79. The molecule has 1 aromatic heterocycles. The molecule has 0 spiro atoms. The quantitative estimate of drug-likeness (QED) is 0.893. The number of aromatic nitrogens is 1. The summed E-state index contributed by atoms with van der Waals surface area (Å²) >= 11 is 0. The number of nitrogens with zero attached hydrogens (tertiary/aromatic N) is 3. The van der Waals surface area contributed by atoms with Gasteiger partial charge in [-0.25, -0.2) is 5.01 Å². The van der Waals surface area contributed by atoms with Crippen molar-refractivity contribution in [3.05, 3.63) is 23.0 Å². The van der Waals surface area contributed by atoms with Crippen LogP contribution < -0.4 is 5.43 Å². The number of amides is 1.